The number of anilines is 1. The maximum absolute atomic E-state index is 11.6. The van der Waals surface area contributed by atoms with Crippen molar-refractivity contribution in [3.63, 3.8) is 0 Å². The van der Waals surface area contributed by atoms with E-state index >= 15 is 0 Å². The van der Waals surface area contributed by atoms with Crippen molar-refractivity contribution in [1.29, 1.82) is 0 Å². The second kappa shape index (κ2) is 6.35. The standard InChI is InChI=1S/C16H14ClNO2/c1-11(19)9-16(20)18-15-10-13(7-8-14(15)17)12-5-3-2-4-6-12/h2-8,10H,9H2,1H3,(H,18,20). The summed E-state index contributed by atoms with van der Waals surface area (Å²) in [7, 11) is 0. The summed E-state index contributed by atoms with van der Waals surface area (Å²) in [5.41, 5.74) is 2.50. The van der Waals surface area contributed by atoms with Crippen molar-refractivity contribution in [3.05, 3.63) is 53.6 Å². The molecule has 3 nitrogen and oxygen atoms in total. The van der Waals surface area contributed by atoms with Gasteiger partial charge in [-0.1, -0.05) is 48.0 Å². The third-order valence-corrected chi connectivity index (χ3v) is 3.09. The molecule has 2 aromatic carbocycles. The molecule has 0 aromatic heterocycles. The molecule has 0 spiro atoms. The van der Waals surface area contributed by atoms with Crippen molar-refractivity contribution < 1.29 is 9.59 Å². The van der Waals surface area contributed by atoms with Gasteiger partial charge in [-0.05, 0) is 30.2 Å². The van der Waals surface area contributed by atoms with E-state index in [9.17, 15) is 9.59 Å². The molecule has 1 amide bonds. The molecule has 1 N–H and O–H groups in total. The number of rotatable bonds is 4. The Labute approximate surface area is 122 Å². The average Bonchev–Trinajstić information content (AvgIpc) is 2.41. The zero-order valence-corrected chi connectivity index (χ0v) is 11.8. The van der Waals surface area contributed by atoms with Gasteiger partial charge in [-0.15, -0.1) is 0 Å². The highest BCUT2D eigenvalue weighted by Crippen LogP contribution is 2.28. The van der Waals surface area contributed by atoms with E-state index in [1.54, 1.807) is 12.1 Å². The van der Waals surface area contributed by atoms with Gasteiger partial charge < -0.3 is 5.32 Å². The molecule has 0 aliphatic rings. The lowest BCUT2D eigenvalue weighted by molar-refractivity contribution is -0.124. The van der Waals surface area contributed by atoms with Crippen LogP contribution in [0.25, 0.3) is 11.1 Å². The third kappa shape index (κ3) is 3.68. The first-order chi connectivity index (χ1) is 9.56. The maximum atomic E-state index is 11.6. The van der Waals surface area contributed by atoms with Gasteiger partial charge >= 0.3 is 0 Å². The normalized spacial score (nSPS) is 10.1. The lowest BCUT2D eigenvalue weighted by atomic mass is 10.1. The first-order valence-corrected chi connectivity index (χ1v) is 6.58. The summed E-state index contributed by atoms with van der Waals surface area (Å²) >= 11 is 6.06. The monoisotopic (exact) mass is 287 g/mol. The Kier molecular flexibility index (Phi) is 4.53. The highest BCUT2D eigenvalue weighted by atomic mass is 35.5. The molecule has 0 saturated carbocycles. The molecular formula is C16H14ClNO2. The maximum Gasteiger partial charge on any atom is 0.231 e. The van der Waals surface area contributed by atoms with Gasteiger partial charge in [-0.25, -0.2) is 0 Å². The van der Waals surface area contributed by atoms with E-state index in [4.69, 9.17) is 11.6 Å². The summed E-state index contributed by atoms with van der Waals surface area (Å²) in [6.07, 6.45) is -0.147. The largest absolute Gasteiger partial charge is 0.324 e. The van der Waals surface area contributed by atoms with E-state index in [2.05, 4.69) is 5.32 Å². The zero-order valence-electron chi connectivity index (χ0n) is 11.0. The molecule has 4 heteroatoms. The molecular weight excluding hydrogens is 274 g/mol. The van der Waals surface area contributed by atoms with E-state index in [-0.39, 0.29) is 18.1 Å². The smallest absolute Gasteiger partial charge is 0.231 e. The van der Waals surface area contributed by atoms with Crippen molar-refractivity contribution in [3.8, 4) is 11.1 Å². The lowest BCUT2D eigenvalue weighted by Crippen LogP contribution is -2.15. The number of amides is 1. The summed E-state index contributed by atoms with van der Waals surface area (Å²) in [5, 5.41) is 3.11. The van der Waals surface area contributed by atoms with Crippen LogP contribution < -0.4 is 5.32 Å². The topological polar surface area (TPSA) is 46.2 Å². The number of carbonyl (C=O) groups excluding carboxylic acids is 2. The minimum absolute atomic E-state index is 0.147. The molecule has 20 heavy (non-hydrogen) atoms. The number of hydrogen-bond donors (Lipinski definition) is 1. The van der Waals surface area contributed by atoms with Crippen LogP contribution in [0.4, 0.5) is 5.69 Å². The Morgan fingerprint density at radius 1 is 1.05 bits per heavy atom. The molecule has 0 heterocycles. The van der Waals surface area contributed by atoms with Crippen molar-refractivity contribution >= 4 is 29.0 Å². The minimum Gasteiger partial charge on any atom is -0.324 e. The first-order valence-electron chi connectivity index (χ1n) is 6.20. The minimum atomic E-state index is -0.357. The third-order valence-electron chi connectivity index (χ3n) is 2.76. The van der Waals surface area contributed by atoms with Crippen LogP contribution in [0, 0.1) is 0 Å². The van der Waals surface area contributed by atoms with Crippen molar-refractivity contribution in [2.75, 3.05) is 5.32 Å². The van der Waals surface area contributed by atoms with Crippen LogP contribution in [0.3, 0.4) is 0 Å². The molecule has 0 aliphatic carbocycles. The second-order valence-electron chi connectivity index (χ2n) is 4.49. The predicted molar refractivity (Wildman–Crippen MR) is 80.8 cm³/mol. The summed E-state index contributed by atoms with van der Waals surface area (Å²) in [4.78, 5) is 22.6. The average molecular weight is 288 g/mol. The molecule has 102 valence electrons. The number of Topliss-reactive ketones (excluding diaryl/α,β-unsaturated/α-hetero) is 1. The molecule has 0 saturated heterocycles. The quantitative estimate of drug-likeness (QED) is 0.866. The van der Waals surface area contributed by atoms with Crippen LogP contribution in [-0.2, 0) is 9.59 Å². The lowest BCUT2D eigenvalue weighted by Gasteiger charge is -2.09. The Morgan fingerprint density at radius 3 is 2.40 bits per heavy atom. The van der Waals surface area contributed by atoms with E-state index in [0.29, 0.717) is 10.7 Å². The fraction of sp³-hybridized carbons (Fsp3) is 0.125. The van der Waals surface area contributed by atoms with E-state index in [0.717, 1.165) is 11.1 Å². The van der Waals surface area contributed by atoms with Crippen LogP contribution >= 0.6 is 11.6 Å². The van der Waals surface area contributed by atoms with Gasteiger partial charge in [-0.2, -0.15) is 0 Å². The van der Waals surface area contributed by atoms with E-state index < -0.39 is 0 Å². The number of halogens is 1. The van der Waals surface area contributed by atoms with E-state index in [1.807, 2.05) is 36.4 Å². The zero-order chi connectivity index (χ0) is 14.5. The summed E-state index contributed by atoms with van der Waals surface area (Å²) in [5.74, 6) is -0.539. The fourth-order valence-electron chi connectivity index (χ4n) is 1.85. The Hall–Kier alpha value is -2.13. The van der Waals surface area contributed by atoms with Crippen LogP contribution in [0.15, 0.2) is 48.5 Å². The predicted octanol–water partition coefficient (Wildman–Crippen LogP) is 3.92. The second-order valence-corrected chi connectivity index (χ2v) is 4.89. The van der Waals surface area contributed by atoms with Gasteiger partial charge in [0.1, 0.15) is 5.78 Å². The van der Waals surface area contributed by atoms with Gasteiger partial charge in [0.05, 0.1) is 17.1 Å². The van der Waals surface area contributed by atoms with Crippen LogP contribution in [-0.4, -0.2) is 11.7 Å². The fourth-order valence-corrected chi connectivity index (χ4v) is 2.02. The molecule has 0 radical (unpaired) electrons. The van der Waals surface area contributed by atoms with Gasteiger partial charge in [-0.3, -0.25) is 9.59 Å². The molecule has 0 atom stereocenters. The van der Waals surface area contributed by atoms with Gasteiger partial charge in [0.25, 0.3) is 0 Å². The molecule has 2 rings (SSSR count). The van der Waals surface area contributed by atoms with Crippen molar-refractivity contribution in [2.45, 2.75) is 13.3 Å². The summed E-state index contributed by atoms with van der Waals surface area (Å²) in [6, 6.07) is 15.2. The SMILES string of the molecule is CC(=O)CC(=O)Nc1cc(-c2ccccc2)ccc1Cl. The molecule has 0 fully saturated rings. The highest BCUT2D eigenvalue weighted by molar-refractivity contribution is 6.34. The molecule has 0 aliphatic heterocycles. The molecule has 2 aromatic rings. The molecule has 0 unspecified atom stereocenters. The van der Waals surface area contributed by atoms with Crippen LogP contribution in [0.2, 0.25) is 5.02 Å². The van der Waals surface area contributed by atoms with Crippen LogP contribution in [0.1, 0.15) is 13.3 Å². The van der Waals surface area contributed by atoms with E-state index in [1.165, 1.54) is 6.92 Å². The van der Waals surface area contributed by atoms with Gasteiger partial charge in [0, 0.05) is 0 Å². The number of nitrogens with one attached hydrogen (secondary N) is 1. The number of benzene rings is 2. The number of hydrogen-bond acceptors (Lipinski definition) is 2. The van der Waals surface area contributed by atoms with Gasteiger partial charge in [0.2, 0.25) is 5.91 Å². The Bertz CT molecular complexity index is 638. The molecule has 0 bridgehead atoms. The highest BCUT2D eigenvalue weighted by Gasteiger charge is 2.09. The number of carbonyl (C=O) groups is 2. The Morgan fingerprint density at radius 2 is 1.75 bits per heavy atom. The first kappa shape index (κ1) is 14.3. The van der Waals surface area contributed by atoms with Gasteiger partial charge in [0.15, 0.2) is 0 Å². The van der Waals surface area contributed by atoms with Crippen molar-refractivity contribution in [2.24, 2.45) is 0 Å². The Balaban J connectivity index is 2.26. The van der Waals surface area contributed by atoms with Crippen LogP contribution in [0.5, 0.6) is 0 Å². The summed E-state index contributed by atoms with van der Waals surface area (Å²) < 4.78 is 0. The summed E-state index contributed by atoms with van der Waals surface area (Å²) in [6.45, 7) is 1.38. The van der Waals surface area contributed by atoms with Crippen molar-refractivity contribution in [1.82, 2.24) is 0 Å². The number of ketones is 1.